The third kappa shape index (κ3) is 1.82. The number of fused-ring (bicyclic) bond motifs is 1. The van der Waals surface area contributed by atoms with Crippen molar-refractivity contribution < 1.29 is 4.39 Å². The van der Waals surface area contributed by atoms with Crippen LogP contribution in [0.4, 0.5) is 4.39 Å². The van der Waals surface area contributed by atoms with Crippen molar-refractivity contribution in [3.63, 3.8) is 0 Å². The summed E-state index contributed by atoms with van der Waals surface area (Å²) in [6.07, 6.45) is 2.07. The van der Waals surface area contributed by atoms with Crippen LogP contribution in [0.1, 0.15) is 30.0 Å². The van der Waals surface area contributed by atoms with Crippen molar-refractivity contribution in [1.82, 2.24) is 15.5 Å². The number of nitrogens with one attached hydrogen (secondary N) is 2. The van der Waals surface area contributed by atoms with Gasteiger partial charge in [0.05, 0.1) is 16.6 Å². The van der Waals surface area contributed by atoms with Gasteiger partial charge >= 0.3 is 0 Å². The SMILES string of the molecule is Cc1cc(F)c2c(C3CCNCC3)n[nH]c2c1. The number of aryl methyl sites for hydroxylation is 1. The van der Waals surface area contributed by atoms with Crippen LogP contribution in [0, 0.1) is 12.7 Å². The molecule has 0 amide bonds. The van der Waals surface area contributed by atoms with E-state index in [1.807, 2.05) is 13.0 Å². The van der Waals surface area contributed by atoms with Gasteiger partial charge in [0, 0.05) is 5.92 Å². The summed E-state index contributed by atoms with van der Waals surface area (Å²) < 4.78 is 14.0. The van der Waals surface area contributed by atoms with E-state index < -0.39 is 0 Å². The maximum absolute atomic E-state index is 14.0. The number of hydrogen-bond donors (Lipinski definition) is 2. The summed E-state index contributed by atoms with van der Waals surface area (Å²) in [6.45, 7) is 3.88. The average Bonchev–Trinajstić information content (AvgIpc) is 2.74. The van der Waals surface area contributed by atoms with Crippen molar-refractivity contribution in [3.05, 3.63) is 29.2 Å². The van der Waals surface area contributed by atoms with Gasteiger partial charge in [0.15, 0.2) is 0 Å². The van der Waals surface area contributed by atoms with Crippen molar-refractivity contribution >= 4 is 10.9 Å². The molecule has 2 aromatic rings. The number of nitrogens with zero attached hydrogens (tertiary/aromatic N) is 1. The van der Waals surface area contributed by atoms with Crippen LogP contribution in [-0.2, 0) is 0 Å². The zero-order valence-electron chi connectivity index (χ0n) is 9.89. The lowest BCUT2D eigenvalue weighted by Crippen LogP contribution is -2.26. The molecule has 3 rings (SSSR count). The van der Waals surface area contributed by atoms with E-state index in [-0.39, 0.29) is 5.82 Å². The highest BCUT2D eigenvalue weighted by Crippen LogP contribution is 2.31. The van der Waals surface area contributed by atoms with Crippen LogP contribution in [0.5, 0.6) is 0 Å². The zero-order valence-corrected chi connectivity index (χ0v) is 9.89. The molecule has 0 unspecified atom stereocenters. The van der Waals surface area contributed by atoms with E-state index in [0.29, 0.717) is 11.3 Å². The Bertz CT molecular complexity index is 541. The molecule has 0 radical (unpaired) electrons. The van der Waals surface area contributed by atoms with Gasteiger partial charge in [0.1, 0.15) is 5.82 Å². The Morgan fingerprint density at radius 1 is 1.29 bits per heavy atom. The predicted octanol–water partition coefficient (Wildman–Crippen LogP) is 2.48. The molecule has 17 heavy (non-hydrogen) atoms. The molecule has 1 aromatic heterocycles. The minimum atomic E-state index is -0.151. The fourth-order valence-corrected chi connectivity index (χ4v) is 2.66. The number of benzene rings is 1. The van der Waals surface area contributed by atoms with Crippen molar-refractivity contribution in [1.29, 1.82) is 0 Å². The van der Waals surface area contributed by atoms with Crippen LogP contribution in [0.2, 0.25) is 0 Å². The standard InChI is InChI=1S/C13H16FN3/c1-8-6-10(14)12-11(7-8)16-17-13(12)9-2-4-15-5-3-9/h6-7,9,15H,2-5H2,1H3,(H,16,17). The summed E-state index contributed by atoms with van der Waals surface area (Å²) in [5, 5.41) is 11.3. The van der Waals surface area contributed by atoms with Crippen LogP contribution >= 0.6 is 0 Å². The molecule has 0 saturated carbocycles. The second-order valence-corrected chi connectivity index (χ2v) is 4.80. The molecule has 1 saturated heterocycles. The fraction of sp³-hybridized carbons (Fsp3) is 0.462. The van der Waals surface area contributed by atoms with Crippen molar-refractivity contribution in [2.24, 2.45) is 0 Å². The van der Waals surface area contributed by atoms with Crippen LogP contribution in [0.25, 0.3) is 10.9 Å². The molecule has 1 aliphatic heterocycles. The van der Waals surface area contributed by atoms with Gasteiger partial charge in [-0.3, -0.25) is 5.10 Å². The zero-order chi connectivity index (χ0) is 11.8. The van der Waals surface area contributed by atoms with E-state index in [1.165, 1.54) is 0 Å². The highest BCUT2D eigenvalue weighted by molar-refractivity contribution is 5.83. The number of piperidine rings is 1. The Hall–Kier alpha value is -1.42. The molecule has 0 bridgehead atoms. The predicted molar refractivity (Wildman–Crippen MR) is 65.6 cm³/mol. The van der Waals surface area contributed by atoms with Crippen LogP contribution in [0.3, 0.4) is 0 Å². The molecule has 0 spiro atoms. The first-order valence-corrected chi connectivity index (χ1v) is 6.10. The third-order valence-electron chi connectivity index (χ3n) is 3.51. The number of aromatic amines is 1. The molecule has 90 valence electrons. The molecule has 2 N–H and O–H groups in total. The Labute approximate surface area is 99.4 Å². The number of rotatable bonds is 1. The monoisotopic (exact) mass is 233 g/mol. The first-order chi connectivity index (χ1) is 8.25. The second kappa shape index (κ2) is 4.11. The number of aromatic nitrogens is 2. The number of H-pyrrole nitrogens is 1. The largest absolute Gasteiger partial charge is 0.317 e. The normalized spacial score (nSPS) is 17.8. The Morgan fingerprint density at radius 3 is 2.82 bits per heavy atom. The maximum Gasteiger partial charge on any atom is 0.134 e. The summed E-state index contributed by atoms with van der Waals surface area (Å²) in [5.74, 6) is 0.226. The first kappa shape index (κ1) is 10.7. The molecule has 1 fully saturated rings. The van der Waals surface area contributed by atoms with E-state index in [1.54, 1.807) is 6.07 Å². The van der Waals surface area contributed by atoms with E-state index in [4.69, 9.17) is 0 Å². The minimum Gasteiger partial charge on any atom is -0.317 e. The lowest BCUT2D eigenvalue weighted by Gasteiger charge is -2.21. The Morgan fingerprint density at radius 2 is 2.06 bits per heavy atom. The van der Waals surface area contributed by atoms with Gasteiger partial charge in [-0.05, 0) is 50.6 Å². The van der Waals surface area contributed by atoms with Crippen LogP contribution in [-0.4, -0.2) is 23.3 Å². The maximum atomic E-state index is 14.0. The second-order valence-electron chi connectivity index (χ2n) is 4.80. The highest BCUT2D eigenvalue weighted by atomic mass is 19.1. The van der Waals surface area contributed by atoms with Crippen molar-refractivity contribution in [2.45, 2.75) is 25.7 Å². The van der Waals surface area contributed by atoms with Crippen molar-refractivity contribution in [3.8, 4) is 0 Å². The summed E-state index contributed by atoms with van der Waals surface area (Å²) in [4.78, 5) is 0. The lowest BCUT2D eigenvalue weighted by molar-refractivity contribution is 0.454. The van der Waals surface area contributed by atoms with E-state index in [2.05, 4.69) is 15.5 Å². The molecule has 1 aromatic carbocycles. The number of halogens is 1. The average molecular weight is 233 g/mol. The van der Waals surface area contributed by atoms with Crippen LogP contribution in [0.15, 0.2) is 12.1 Å². The van der Waals surface area contributed by atoms with Crippen molar-refractivity contribution in [2.75, 3.05) is 13.1 Å². The molecular formula is C13H16FN3. The molecule has 1 aliphatic rings. The van der Waals surface area contributed by atoms with Gasteiger partial charge in [-0.1, -0.05) is 0 Å². The quantitative estimate of drug-likeness (QED) is 0.794. The van der Waals surface area contributed by atoms with E-state index in [9.17, 15) is 4.39 Å². The smallest absolute Gasteiger partial charge is 0.134 e. The van der Waals surface area contributed by atoms with Gasteiger partial charge in [0.25, 0.3) is 0 Å². The van der Waals surface area contributed by atoms with E-state index in [0.717, 1.165) is 42.7 Å². The van der Waals surface area contributed by atoms with Gasteiger partial charge in [-0.15, -0.1) is 0 Å². The van der Waals surface area contributed by atoms with E-state index >= 15 is 0 Å². The fourth-order valence-electron chi connectivity index (χ4n) is 2.66. The summed E-state index contributed by atoms with van der Waals surface area (Å²) in [7, 11) is 0. The van der Waals surface area contributed by atoms with Gasteiger partial charge in [-0.2, -0.15) is 5.10 Å². The highest BCUT2D eigenvalue weighted by Gasteiger charge is 2.22. The molecule has 3 nitrogen and oxygen atoms in total. The molecular weight excluding hydrogens is 217 g/mol. The Kier molecular flexibility index (Phi) is 2.59. The molecule has 2 heterocycles. The minimum absolute atomic E-state index is 0.151. The molecule has 4 heteroatoms. The Balaban J connectivity index is 2.10. The van der Waals surface area contributed by atoms with Gasteiger partial charge in [0.2, 0.25) is 0 Å². The number of hydrogen-bond acceptors (Lipinski definition) is 2. The summed E-state index contributed by atoms with van der Waals surface area (Å²) >= 11 is 0. The van der Waals surface area contributed by atoms with Gasteiger partial charge in [-0.25, -0.2) is 4.39 Å². The molecule has 0 aliphatic carbocycles. The molecule has 0 atom stereocenters. The topological polar surface area (TPSA) is 40.7 Å². The van der Waals surface area contributed by atoms with Gasteiger partial charge < -0.3 is 5.32 Å². The summed E-state index contributed by atoms with van der Waals surface area (Å²) in [5.41, 5.74) is 2.64. The summed E-state index contributed by atoms with van der Waals surface area (Å²) in [6, 6.07) is 3.54. The third-order valence-corrected chi connectivity index (χ3v) is 3.51. The first-order valence-electron chi connectivity index (χ1n) is 6.10. The lowest BCUT2D eigenvalue weighted by atomic mass is 9.92. The van der Waals surface area contributed by atoms with Crippen LogP contribution < -0.4 is 5.32 Å².